The number of para-hydroxylation sites is 1. The number of nitrogens with zero attached hydrogens (tertiary/aromatic N) is 1. The van der Waals surface area contributed by atoms with E-state index in [4.69, 9.17) is 26.8 Å². The molecular weight excluding hydrogens is 398 g/mol. The minimum atomic E-state index is -0.933. The maximum Gasteiger partial charge on any atom is 0.306 e. The molecule has 0 aromatic heterocycles. The lowest BCUT2D eigenvalue weighted by Gasteiger charge is -2.14. The summed E-state index contributed by atoms with van der Waals surface area (Å²) in [6, 6.07) is 14.2. The molecule has 1 saturated heterocycles. The molecule has 1 aliphatic heterocycles. The Bertz CT molecular complexity index is 940. The topological polar surface area (TPSA) is 76.1 Å². The number of carboxylic acids is 1. The van der Waals surface area contributed by atoms with Crippen molar-refractivity contribution in [1.29, 1.82) is 0 Å². The Labute approximate surface area is 171 Å². The zero-order valence-corrected chi connectivity index (χ0v) is 16.6. The molecule has 6 nitrogen and oxygen atoms in total. The molecule has 1 heterocycles. The Balaban J connectivity index is 1.82. The summed E-state index contributed by atoms with van der Waals surface area (Å²) < 4.78 is 11.1. The van der Waals surface area contributed by atoms with Gasteiger partial charge in [-0.05, 0) is 36.4 Å². The maximum absolute atomic E-state index is 12.9. The number of hydrogen-bond acceptors (Lipinski definition) is 6. The Hall–Kier alpha value is -2.84. The molecule has 0 saturated carbocycles. The monoisotopic (exact) mass is 415 g/mol. The number of benzene rings is 2. The summed E-state index contributed by atoms with van der Waals surface area (Å²) in [5.74, 6) is 0.0500. The number of methoxy groups -OCH3 is 1. The second kappa shape index (κ2) is 8.90. The van der Waals surface area contributed by atoms with Crippen LogP contribution in [0.1, 0.15) is 12.0 Å². The summed E-state index contributed by atoms with van der Waals surface area (Å²) in [5, 5.41) is 8.76. The number of thioether (sulfide) groups is 1. The Kier molecular flexibility index (Phi) is 6.33. The van der Waals surface area contributed by atoms with Gasteiger partial charge in [-0.25, -0.2) is 0 Å². The second-order valence-electron chi connectivity index (χ2n) is 5.75. The number of hydrogen-bond donors (Lipinski definition) is 1. The van der Waals surface area contributed by atoms with E-state index in [1.54, 1.807) is 55.7 Å². The average Bonchev–Trinajstić information content (AvgIpc) is 2.96. The molecule has 0 atom stereocenters. The molecule has 1 aliphatic rings. The maximum atomic E-state index is 12.9. The third kappa shape index (κ3) is 4.52. The van der Waals surface area contributed by atoms with Gasteiger partial charge in [0.2, 0.25) is 0 Å². The first kappa shape index (κ1) is 19.9. The van der Waals surface area contributed by atoms with E-state index in [0.717, 1.165) is 0 Å². The predicted molar refractivity (Wildman–Crippen MR) is 113 cm³/mol. The van der Waals surface area contributed by atoms with Gasteiger partial charge in [-0.15, -0.1) is 0 Å². The van der Waals surface area contributed by atoms with E-state index in [1.807, 2.05) is 6.07 Å². The quantitative estimate of drug-likeness (QED) is 0.542. The van der Waals surface area contributed by atoms with Crippen LogP contribution in [0.4, 0.5) is 5.69 Å². The largest absolute Gasteiger partial charge is 0.497 e. The van der Waals surface area contributed by atoms with Crippen LogP contribution in [0.5, 0.6) is 11.5 Å². The molecule has 0 radical (unpaired) electrons. The van der Waals surface area contributed by atoms with E-state index in [9.17, 15) is 9.59 Å². The molecule has 2 aromatic rings. The summed E-state index contributed by atoms with van der Waals surface area (Å²) in [6.45, 7) is 0.0486. The molecule has 3 rings (SSSR count). The van der Waals surface area contributed by atoms with Gasteiger partial charge in [0.15, 0.2) is 4.32 Å². The van der Waals surface area contributed by atoms with Crippen LogP contribution in [0.25, 0.3) is 6.08 Å². The fourth-order valence-electron chi connectivity index (χ4n) is 2.54. The zero-order valence-electron chi connectivity index (χ0n) is 15.0. The van der Waals surface area contributed by atoms with Crippen molar-refractivity contribution in [3.05, 3.63) is 59.0 Å². The second-order valence-corrected chi connectivity index (χ2v) is 7.42. The molecule has 2 aromatic carbocycles. The van der Waals surface area contributed by atoms with E-state index < -0.39 is 5.97 Å². The molecule has 144 valence electrons. The number of ether oxygens (including phenoxy) is 2. The van der Waals surface area contributed by atoms with Crippen molar-refractivity contribution >= 4 is 51.9 Å². The van der Waals surface area contributed by atoms with Gasteiger partial charge in [-0.1, -0.05) is 42.2 Å². The Morgan fingerprint density at radius 1 is 1.21 bits per heavy atom. The summed E-state index contributed by atoms with van der Waals surface area (Å²) >= 11 is 6.59. The first-order valence-electron chi connectivity index (χ1n) is 8.35. The molecule has 0 spiro atoms. The van der Waals surface area contributed by atoms with E-state index in [1.165, 1.54) is 16.7 Å². The van der Waals surface area contributed by atoms with Gasteiger partial charge in [0.1, 0.15) is 11.5 Å². The number of carbonyl (C=O) groups excluding carboxylic acids is 1. The number of carboxylic acid groups (broad SMARTS) is 1. The van der Waals surface area contributed by atoms with Crippen molar-refractivity contribution in [3.8, 4) is 11.5 Å². The lowest BCUT2D eigenvalue weighted by Crippen LogP contribution is -2.27. The van der Waals surface area contributed by atoms with Gasteiger partial charge in [0.05, 0.1) is 30.7 Å². The van der Waals surface area contributed by atoms with Crippen LogP contribution in [0.3, 0.4) is 0 Å². The van der Waals surface area contributed by atoms with Gasteiger partial charge in [0, 0.05) is 5.56 Å². The van der Waals surface area contributed by atoms with Crippen molar-refractivity contribution < 1.29 is 24.2 Å². The highest BCUT2D eigenvalue weighted by molar-refractivity contribution is 8.27. The number of thiocarbonyl (C=S) groups is 1. The van der Waals surface area contributed by atoms with Crippen molar-refractivity contribution in [2.45, 2.75) is 6.42 Å². The Morgan fingerprint density at radius 2 is 1.93 bits per heavy atom. The number of anilines is 1. The minimum absolute atomic E-state index is 0.0486. The third-order valence-corrected chi connectivity index (χ3v) is 5.21. The molecule has 0 aliphatic carbocycles. The average molecular weight is 415 g/mol. The van der Waals surface area contributed by atoms with Crippen molar-refractivity contribution in [2.24, 2.45) is 0 Å². The summed E-state index contributed by atoms with van der Waals surface area (Å²) in [7, 11) is 1.58. The Morgan fingerprint density at radius 3 is 2.61 bits per heavy atom. The minimum Gasteiger partial charge on any atom is -0.497 e. The van der Waals surface area contributed by atoms with Crippen molar-refractivity contribution in [2.75, 3.05) is 18.6 Å². The molecule has 1 amide bonds. The molecule has 8 heteroatoms. The zero-order chi connectivity index (χ0) is 20.1. The molecular formula is C20H17NO5S2. The fourth-order valence-corrected chi connectivity index (χ4v) is 3.83. The highest BCUT2D eigenvalue weighted by atomic mass is 32.2. The van der Waals surface area contributed by atoms with E-state index in [2.05, 4.69) is 0 Å². The standard InChI is InChI=1S/C20H17NO5S2/c1-25-15-8-6-14(7-9-15)21-19(24)17(28-20(21)27)12-13-4-2-3-5-16(13)26-11-10-18(22)23/h2-9,12H,10-11H2,1H3,(H,22,23)/b17-12+. The van der Waals surface area contributed by atoms with Gasteiger partial charge < -0.3 is 14.6 Å². The predicted octanol–water partition coefficient (Wildman–Crippen LogP) is 3.95. The number of aliphatic carboxylic acids is 1. The van der Waals surface area contributed by atoms with Gasteiger partial charge >= 0.3 is 5.97 Å². The lowest BCUT2D eigenvalue weighted by molar-refractivity contribution is -0.137. The van der Waals surface area contributed by atoms with Crippen LogP contribution in [0.15, 0.2) is 53.4 Å². The number of carbonyl (C=O) groups is 2. The van der Waals surface area contributed by atoms with Crippen molar-refractivity contribution in [3.63, 3.8) is 0 Å². The van der Waals surface area contributed by atoms with Crippen LogP contribution < -0.4 is 14.4 Å². The third-order valence-electron chi connectivity index (χ3n) is 3.90. The highest BCUT2D eigenvalue weighted by Gasteiger charge is 2.33. The van der Waals surface area contributed by atoms with Crippen LogP contribution in [-0.4, -0.2) is 35.0 Å². The SMILES string of the molecule is COc1ccc(N2C(=O)/C(=C\c3ccccc3OCCC(=O)O)SC2=S)cc1. The molecule has 1 N–H and O–H groups in total. The van der Waals surface area contributed by atoms with E-state index in [0.29, 0.717) is 32.0 Å². The summed E-state index contributed by atoms with van der Waals surface area (Å²) in [4.78, 5) is 25.5. The van der Waals surface area contributed by atoms with Crippen LogP contribution in [-0.2, 0) is 9.59 Å². The normalized spacial score (nSPS) is 15.2. The van der Waals surface area contributed by atoms with Gasteiger partial charge in [-0.3, -0.25) is 14.5 Å². The summed E-state index contributed by atoms with van der Waals surface area (Å²) in [5.41, 5.74) is 1.35. The van der Waals surface area contributed by atoms with E-state index >= 15 is 0 Å². The fraction of sp³-hybridized carbons (Fsp3) is 0.150. The molecule has 0 unspecified atom stereocenters. The number of rotatable bonds is 7. The first-order chi connectivity index (χ1) is 13.5. The molecule has 28 heavy (non-hydrogen) atoms. The smallest absolute Gasteiger partial charge is 0.306 e. The number of amides is 1. The summed E-state index contributed by atoms with van der Waals surface area (Å²) in [6.07, 6.45) is 1.60. The highest BCUT2D eigenvalue weighted by Crippen LogP contribution is 2.37. The molecule has 0 bridgehead atoms. The first-order valence-corrected chi connectivity index (χ1v) is 9.57. The lowest BCUT2D eigenvalue weighted by atomic mass is 10.2. The molecule has 1 fully saturated rings. The van der Waals surface area contributed by atoms with Crippen molar-refractivity contribution in [1.82, 2.24) is 0 Å². The van der Waals surface area contributed by atoms with Crippen LogP contribution >= 0.6 is 24.0 Å². The van der Waals surface area contributed by atoms with Crippen LogP contribution in [0.2, 0.25) is 0 Å². The van der Waals surface area contributed by atoms with Gasteiger partial charge in [-0.2, -0.15) is 0 Å². The van der Waals surface area contributed by atoms with Crippen LogP contribution in [0, 0.1) is 0 Å². The van der Waals surface area contributed by atoms with E-state index in [-0.39, 0.29) is 18.9 Å². The van der Waals surface area contributed by atoms with Gasteiger partial charge in [0.25, 0.3) is 5.91 Å².